The van der Waals surface area contributed by atoms with Crippen LogP contribution in [0.4, 0.5) is 0 Å². The lowest BCUT2D eigenvalue weighted by atomic mass is 9.95. The monoisotopic (exact) mass is 295 g/mol. The quantitative estimate of drug-likeness (QED) is 0.932. The molecule has 2 heterocycles. The Morgan fingerprint density at radius 2 is 2.20 bits per heavy atom. The summed E-state index contributed by atoms with van der Waals surface area (Å²) in [5.74, 6) is 0.0837. The molecule has 0 bridgehead atoms. The summed E-state index contributed by atoms with van der Waals surface area (Å²) >= 11 is 1.25. The number of hydrogen-bond acceptors (Lipinski definition) is 5. The molecule has 0 atom stereocenters. The first kappa shape index (κ1) is 14.6. The highest BCUT2D eigenvalue weighted by Gasteiger charge is 2.24. The van der Waals surface area contributed by atoms with E-state index < -0.39 is 5.97 Å². The van der Waals surface area contributed by atoms with Crippen LogP contribution in [0.15, 0.2) is 16.9 Å². The maximum Gasteiger partial charge on any atom is 0.349 e. The Labute approximate surface area is 121 Å². The van der Waals surface area contributed by atoms with Gasteiger partial charge in [0.15, 0.2) is 11.3 Å². The summed E-state index contributed by atoms with van der Waals surface area (Å²) in [5.41, 5.74) is 0.560. The van der Waals surface area contributed by atoms with E-state index in [0.717, 1.165) is 4.88 Å². The second kappa shape index (κ2) is 5.28. The standard InChI is InChI=1S/C14H17NO4S/c1-8-9(15-7-19-8)6-18-10-5-11(14(2,3)4)20-12(10)13(16)17/h5,7H,6H2,1-4H3,(H,16,17). The predicted octanol–water partition coefficient (Wildman–Crippen LogP) is 3.62. The van der Waals surface area contributed by atoms with Gasteiger partial charge in [-0.1, -0.05) is 20.8 Å². The minimum absolute atomic E-state index is 0.111. The van der Waals surface area contributed by atoms with E-state index in [1.54, 1.807) is 13.0 Å². The van der Waals surface area contributed by atoms with Crippen LogP contribution in [0.1, 0.15) is 46.8 Å². The fraction of sp³-hybridized carbons (Fsp3) is 0.429. The number of carboxylic acid groups (broad SMARTS) is 1. The fourth-order valence-corrected chi connectivity index (χ4v) is 2.61. The molecule has 0 aliphatic carbocycles. The Hall–Kier alpha value is -1.82. The Balaban J connectivity index is 2.24. The van der Waals surface area contributed by atoms with E-state index in [-0.39, 0.29) is 16.9 Å². The first-order valence-corrected chi connectivity index (χ1v) is 7.00. The van der Waals surface area contributed by atoms with Crippen LogP contribution < -0.4 is 4.74 Å². The molecule has 0 saturated carbocycles. The van der Waals surface area contributed by atoms with Gasteiger partial charge in [-0.2, -0.15) is 0 Å². The molecule has 2 aromatic rings. The molecule has 1 N–H and O–H groups in total. The zero-order valence-corrected chi connectivity index (χ0v) is 12.7. The van der Waals surface area contributed by atoms with Crippen molar-refractivity contribution < 1.29 is 19.1 Å². The molecule has 108 valence electrons. The van der Waals surface area contributed by atoms with Crippen molar-refractivity contribution in [3.05, 3.63) is 33.7 Å². The number of nitrogens with zero attached hydrogens (tertiary/aromatic N) is 1. The van der Waals surface area contributed by atoms with Crippen molar-refractivity contribution in [2.24, 2.45) is 0 Å². The number of carboxylic acids is 1. The lowest BCUT2D eigenvalue weighted by molar-refractivity contribution is 0.0697. The number of aromatic nitrogens is 1. The van der Waals surface area contributed by atoms with Gasteiger partial charge in [0, 0.05) is 4.88 Å². The Kier molecular flexibility index (Phi) is 3.85. The van der Waals surface area contributed by atoms with E-state index in [0.29, 0.717) is 17.2 Å². The second-order valence-electron chi connectivity index (χ2n) is 5.50. The Morgan fingerprint density at radius 3 is 2.70 bits per heavy atom. The molecule has 0 spiro atoms. The first-order valence-electron chi connectivity index (χ1n) is 6.18. The van der Waals surface area contributed by atoms with Gasteiger partial charge in [-0.15, -0.1) is 11.3 Å². The van der Waals surface area contributed by atoms with Gasteiger partial charge in [0.2, 0.25) is 0 Å². The number of aryl methyl sites for hydroxylation is 1. The number of rotatable bonds is 4. The molecule has 20 heavy (non-hydrogen) atoms. The molecule has 0 aliphatic rings. The van der Waals surface area contributed by atoms with E-state index >= 15 is 0 Å². The third-order valence-electron chi connectivity index (χ3n) is 2.84. The fourth-order valence-electron chi connectivity index (χ4n) is 1.61. The predicted molar refractivity (Wildman–Crippen MR) is 75.6 cm³/mol. The van der Waals surface area contributed by atoms with Gasteiger partial charge in [-0.05, 0) is 18.4 Å². The SMILES string of the molecule is Cc1ocnc1COc1cc(C(C)(C)C)sc1C(=O)O. The van der Waals surface area contributed by atoms with Gasteiger partial charge in [0.05, 0.1) is 0 Å². The highest BCUT2D eigenvalue weighted by atomic mass is 32.1. The number of carbonyl (C=O) groups is 1. The number of thiophene rings is 1. The van der Waals surface area contributed by atoms with Crippen molar-refractivity contribution in [2.45, 2.75) is 39.7 Å². The van der Waals surface area contributed by atoms with Crippen molar-refractivity contribution in [1.29, 1.82) is 0 Å². The van der Waals surface area contributed by atoms with Crippen LogP contribution in [0.2, 0.25) is 0 Å². The molecule has 0 aliphatic heterocycles. The molecule has 0 fully saturated rings. The van der Waals surface area contributed by atoms with E-state index in [9.17, 15) is 9.90 Å². The van der Waals surface area contributed by atoms with Crippen molar-refractivity contribution in [1.82, 2.24) is 4.98 Å². The van der Waals surface area contributed by atoms with E-state index in [4.69, 9.17) is 9.15 Å². The molecule has 0 saturated heterocycles. The van der Waals surface area contributed by atoms with Gasteiger partial charge in [-0.3, -0.25) is 0 Å². The van der Waals surface area contributed by atoms with Crippen LogP contribution >= 0.6 is 11.3 Å². The topological polar surface area (TPSA) is 72.6 Å². The summed E-state index contributed by atoms with van der Waals surface area (Å²) in [5, 5.41) is 9.25. The largest absolute Gasteiger partial charge is 0.485 e. The molecule has 0 radical (unpaired) electrons. The van der Waals surface area contributed by atoms with Gasteiger partial charge >= 0.3 is 5.97 Å². The summed E-state index contributed by atoms with van der Waals surface area (Å²) in [4.78, 5) is 16.5. The number of hydrogen-bond donors (Lipinski definition) is 1. The van der Waals surface area contributed by atoms with E-state index in [2.05, 4.69) is 4.98 Å². The average molecular weight is 295 g/mol. The summed E-state index contributed by atoms with van der Waals surface area (Å²) in [6.45, 7) is 8.10. The number of ether oxygens (including phenoxy) is 1. The van der Waals surface area contributed by atoms with Crippen molar-refractivity contribution in [3.63, 3.8) is 0 Å². The maximum absolute atomic E-state index is 11.3. The van der Waals surface area contributed by atoms with Crippen LogP contribution in [-0.2, 0) is 12.0 Å². The third kappa shape index (κ3) is 3.01. The average Bonchev–Trinajstić information content (AvgIpc) is 2.91. The normalized spacial score (nSPS) is 11.6. The van der Waals surface area contributed by atoms with Crippen molar-refractivity contribution in [3.8, 4) is 5.75 Å². The third-order valence-corrected chi connectivity index (χ3v) is 4.37. The molecule has 5 nitrogen and oxygen atoms in total. The highest BCUT2D eigenvalue weighted by Crippen LogP contribution is 2.37. The van der Waals surface area contributed by atoms with Crippen LogP contribution in [-0.4, -0.2) is 16.1 Å². The van der Waals surface area contributed by atoms with Crippen LogP contribution in [0, 0.1) is 6.92 Å². The Bertz CT molecular complexity index is 621. The second-order valence-corrected chi connectivity index (χ2v) is 6.56. The summed E-state index contributed by atoms with van der Waals surface area (Å²) in [6, 6.07) is 1.80. The summed E-state index contributed by atoms with van der Waals surface area (Å²) < 4.78 is 10.7. The number of aromatic carboxylic acids is 1. The summed E-state index contributed by atoms with van der Waals surface area (Å²) in [7, 11) is 0. The zero-order chi connectivity index (χ0) is 14.9. The molecule has 0 aromatic carbocycles. The van der Waals surface area contributed by atoms with Gasteiger partial charge in [-0.25, -0.2) is 9.78 Å². The molecular formula is C14H17NO4S. The van der Waals surface area contributed by atoms with Crippen LogP contribution in [0.5, 0.6) is 5.75 Å². The van der Waals surface area contributed by atoms with Crippen LogP contribution in [0.3, 0.4) is 0 Å². The summed E-state index contributed by atoms with van der Waals surface area (Å²) in [6.07, 6.45) is 1.35. The van der Waals surface area contributed by atoms with E-state index in [1.807, 2.05) is 20.8 Å². The lowest BCUT2D eigenvalue weighted by Crippen LogP contribution is -2.08. The van der Waals surface area contributed by atoms with Gasteiger partial charge in [0.25, 0.3) is 0 Å². The van der Waals surface area contributed by atoms with Crippen LogP contribution in [0.25, 0.3) is 0 Å². The molecule has 0 unspecified atom stereocenters. The van der Waals surface area contributed by atoms with Gasteiger partial charge < -0.3 is 14.3 Å². The van der Waals surface area contributed by atoms with E-state index in [1.165, 1.54) is 17.7 Å². The molecule has 2 rings (SSSR count). The van der Waals surface area contributed by atoms with Crippen molar-refractivity contribution in [2.75, 3.05) is 0 Å². The lowest BCUT2D eigenvalue weighted by Gasteiger charge is -2.14. The smallest absolute Gasteiger partial charge is 0.349 e. The van der Waals surface area contributed by atoms with Gasteiger partial charge in [0.1, 0.15) is 23.8 Å². The molecule has 0 amide bonds. The zero-order valence-electron chi connectivity index (χ0n) is 11.9. The first-order chi connectivity index (χ1) is 9.29. The Morgan fingerprint density at radius 1 is 1.50 bits per heavy atom. The maximum atomic E-state index is 11.3. The molecule has 2 aromatic heterocycles. The molecule has 6 heteroatoms. The molecular weight excluding hydrogens is 278 g/mol. The minimum atomic E-state index is -0.975. The minimum Gasteiger partial charge on any atom is -0.485 e. The number of oxazole rings is 1. The highest BCUT2D eigenvalue weighted by molar-refractivity contribution is 7.14. The van der Waals surface area contributed by atoms with Crippen molar-refractivity contribution >= 4 is 17.3 Å².